The Labute approximate surface area is 109 Å². The monoisotopic (exact) mass is 247 g/mol. The maximum Gasteiger partial charge on any atom is 0.225 e. The van der Waals surface area contributed by atoms with Crippen LogP contribution >= 0.6 is 0 Å². The first-order valence-corrected chi connectivity index (χ1v) is 6.51. The van der Waals surface area contributed by atoms with Gasteiger partial charge >= 0.3 is 0 Å². The number of carbonyl (C=O) groups is 1. The molecule has 0 radical (unpaired) electrons. The quantitative estimate of drug-likeness (QED) is 0.803. The van der Waals surface area contributed by atoms with E-state index in [0.717, 1.165) is 5.56 Å². The van der Waals surface area contributed by atoms with Gasteiger partial charge in [0.2, 0.25) is 5.91 Å². The van der Waals surface area contributed by atoms with Gasteiger partial charge in [-0.15, -0.1) is 0 Å². The van der Waals surface area contributed by atoms with E-state index in [1.165, 1.54) is 0 Å². The molecule has 3 nitrogen and oxygen atoms in total. The Balaban J connectivity index is 2.18. The first-order valence-electron chi connectivity index (χ1n) is 6.51. The van der Waals surface area contributed by atoms with Gasteiger partial charge in [-0.2, -0.15) is 0 Å². The fraction of sp³-hybridized carbons (Fsp3) is 0.533. The summed E-state index contributed by atoms with van der Waals surface area (Å²) in [4.78, 5) is 14.0. The molecule has 1 unspecified atom stereocenters. The fourth-order valence-electron chi connectivity index (χ4n) is 2.39. The molecule has 1 aliphatic heterocycles. The van der Waals surface area contributed by atoms with E-state index in [-0.39, 0.29) is 17.4 Å². The van der Waals surface area contributed by atoms with Gasteiger partial charge in [-0.1, -0.05) is 44.2 Å². The van der Waals surface area contributed by atoms with Crippen molar-refractivity contribution < 1.29 is 9.53 Å². The Kier molecular flexibility index (Phi) is 3.71. The van der Waals surface area contributed by atoms with Gasteiger partial charge < -0.3 is 9.64 Å². The molecule has 98 valence electrons. The number of ether oxygens (including phenoxy) is 1. The number of nitrogens with zero attached hydrogens (tertiary/aromatic N) is 1. The molecule has 0 aliphatic carbocycles. The SMILES string of the molecule is CC(C)C(=O)N1CCOC(C)(c2ccccc2)C1. The van der Waals surface area contributed by atoms with E-state index in [4.69, 9.17) is 4.74 Å². The topological polar surface area (TPSA) is 29.5 Å². The second-order valence-corrected chi connectivity index (χ2v) is 5.36. The predicted molar refractivity (Wildman–Crippen MR) is 71.2 cm³/mol. The fourth-order valence-corrected chi connectivity index (χ4v) is 2.39. The zero-order valence-electron chi connectivity index (χ0n) is 11.3. The van der Waals surface area contributed by atoms with Crippen LogP contribution in [0, 0.1) is 5.92 Å². The van der Waals surface area contributed by atoms with Gasteiger partial charge in [-0.25, -0.2) is 0 Å². The molecule has 1 aliphatic rings. The number of carbonyl (C=O) groups excluding carboxylic acids is 1. The average Bonchev–Trinajstić information content (AvgIpc) is 2.39. The maximum absolute atomic E-state index is 12.1. The highest BCUT2D eigenvalue weighted by molar-refractivity contribution is 5.78. The average molecular weight is 247 g/mol. The van der Waals surface area contributed by atoms with E-state index < -0.39 is 0 Å². The van der Waals surface area contributed by atoms with Crippen LogP contribution in [0.2, 0.25) is 0 Å². The van der Waals surface area contributed by atoms with Gasteiger partial charge in [0.25, 0.3) is 0 Å². The summed E-state index contributed by atoms with van der Waals surface area (Å²) in [5, 5.41) is 0. The number of rotatable bonds is 2. The number of benzene rings is 1. The van der Waals surface area contributed by atoms with Crippen molar-refractivity contribution in [3.8, 4) is 0 Å². The molecule has 0 aromatic heterocycles. The predicted octanol–water partition coefficient (Wildman–Crippen LogP) is 2.42. The van der Waals surface area contributed by atoms with Crippen molar-refractivity contribution in [2.75, 3.05) is 19.7 Å². The lowest BCUT2D eigenvalue weighted by molar-refractivity contribution is -0.152. The van der Waals surface area contributed by atoms with Crippen LogP contribution in [0.3, 0.4) is 0 Å². The summed E-state index contributed by atoms with van der Waals surface area (Å²) >= 11 is 0. The summed E-state index contributed by atoms with van der Waals surface area (Å²) in [7, 11) is 0. The van der Waals surface area contributed by atoms with Crippen molar-refractivity contribution in [3.63, 3.8) is 0 Å². The Morgan fingerprint density at radius 2 is 2.00 bits per heavy atom. The van der Waals surface area contributed by atoms with Gasteiger partial charge in [0.15, 0.2) is 0 Å². The summed E-state index contributed by atoms with van der Waals surface area (Å²) in [5.74, 6) is 0.253. The molecule has 0 bridgehead atoms. The molecule has 1 heterocycles. The first-order chi connectivity index (χ1) is 8.53. The molecule has 18 heavy (non-hydrogen) atoms. The summed E-state index contributed by atoms with van der Waals surface area (Å²) in [6, 6.07) is 10.1. The number of amides is 1. The molecular formula is C15H21NO2. The molecule has 0 saturated carbocycles. The van der Waals surface area contributed by atoms with Crippen molar-refractivity contribution in [2.24, 2.45) is 5.92 Å². The lowest BCUT2D eigenvalue weighted by atomic mass is 9.93. The van der Waals surface area contributed by atoms with E-state index >= 15 is 0 Å². The Morgan fingerprint density at radius 1 is 1.33 bits per heavy atom. The van der Waals surface area contributed by atoms with E-state index in [9.17, 15) is 4.79 Å². The largest absolute Gasteiger partial charge is 0.367 e. The highest BCUT2D eigenvalue weighted by Gasteiger charge is 2.35. The molecule has 1 atom stereocenters. The molecule has 1 fully saturated rings. The van der Waals surface area contributed by atoms with E-state index in [1.54, 1.807) is 0 Å². The van der Waals surface area contributed by atoms with Crippen LogP contribution < -0.4 is 0 Å². The van der Waals surface area contributed by atoms with Crippen LogP contribution in [0.1, 0.15) is 26.3 Å². The van der Waals surface area contributed by atoms with Gasteiger partial charge in [0, 0.05) is 12.5 Å². The highest BCUT2D eigenvalue weighted by Crippen LogP contribution is 2.29. The molecule has 1 aromatic rings. The minimum absolute atomic E-state index is 0.0446. The van der Waals surface area contributed by atoms with Gasteiger partial charge in [0.05, 0.1) is 13.2 Å². The Morgan fingerprint density at radius 3 is 2.61 bits per heavy atom. The number of hydrogen-bond donors (Lipinski definition) is 0. The van der Waals surface area contributed by atoms with Crippen LogP contribution in [-0.2, 0) is 15.1 Å². The van der Waals surface area contributed by atoms with Gasteiger partial charge in [-0.05, 0) is 12.5 Å². The normalized spacial score (nSPS) is 24.3. The number of hydrogen-bond acceptors (Lipinski definition) is 2. The van der Waals surface area contributed by atoms with Crippen molar-refractivity contribution in [1.82, 2.24) is 4.90 Å². The van der Waals surface area contributed by atoms with E-state index in [2.05, 4.69) is 19.1 Å². The minimum atomic E-state index is -0.385. The summed E-state index contributed by atoms with van der Waals surface area (Å²) in [6.07, 6.45) is 0. The van der Waals surface area contributed by atoms with Gasteiger partial charge in [0.1, 0.15) is 5.60 Å². The van der Waals surface area contributed by atoms with Crippen molar-refractivity contribution >= 4 is 5.91 Å². The Hall–Kier alpha value is -1.35. The van der Waals surface area contributed by atoms with Crippen LogP contribution in [0.15, 0.2) is 30.3 Å². The molecule has 0 spiro atoms. The first kappa shape index (κ1) is 13.1. The van der Waals surface area contributed by atoms with E-state index in [0.29, 0.717) is 19.7 Å². The van der Waals surface area contributed by atoms with Crippen molar-refractivity contribution in [1.29, 1.82) is 0 Å². The smallest absolute Gasteiger partial charge is 0.225 e. The van der Waals surface area contributed by atoms with Crippen molar-refractivity contribution in [2.45, 2.75) is 26.4 Å². The standard InChI is InChI=1S/C15H21NO2/c1-12(2)14(17)16-9-10-18-15(3,11-16)13-7-5-4-6-8-13/h4-8,12H,9-11H2,1-3H3. The maximum atomic E-state index is 12.1. The van der Waals surface area contributed by atoms with Crippen LogP contribution in [0.5, 0.6) is 0 Å². The molecule has 2 rings (SSSR count). The molecule has 1 saturated heterocycles. The molecule has 1 aromatic carbocycles. The molecular weight excluding hydrogens is 226 g/mol. The van der Waals surface area contributed by atoms with E-state index in [1.807, 2.05) is 36.9 Å². The second kappa shape index (κ2) is 5.11. The highest BCUT2D eigenvalue weighted by atomic mass is 16.5. The second-order valence-electron chi connectivity index (χ2n) is 5.36. The van der Waals surface area contributed by atoms with Gasteiger partial charge in [-0.3, -0.25) is 4.79 Å². The third kappa shape index (κ3) is 2.56. The zero-order valence-corrected chi connectivity index (χ0v) is 11.3. The zero-order chi connectivity index (χ0) is 13.2. The van der Waals surface area contributed by atoms with Crippen molar-refractivity contribution in [3.05, 3.63) is 35.9 Å². The minimum Gasteiger partial charge on any atom is -0.367 e. The summed E-state index contributed by atoms with van der Waals surface area (Å²) < 4.78 is 5.92. The van der Waals surface area contributed by atoms with Crippen LogP contribution in [0.25, 0.3) is 0 Å². The van der Waals surface area contributed by atoms with Crippen LogP contribution in [-0.4, -0.2) is 30.5 Å². The third-order valence-electron chi connectivity index (χ3n) is 3.46. The molecule has 3 heteroatoms. The summed E-state index contributed by atoms with van der Waals surface area (Å²) in [6.45, 7) is 7.87. The Bertz CT molecular complexity index is 416. The summed E-state index contributed by atoms with van der Waals surface area (Å²) in [5.41, 5.74) is 0.746. The number of morpholine rings is 1. The molecule has 1 amide bonds. The lowest BCUT2D eigenvalue weighted by Crippen LogP contribution is -2.51. The molecule has 0 N–H and O–H groups in total. The van der Waals surface area contributed by atoms with Crippen LogP contribution in [0.4, 0.5) is 0 Å². The lowest BCUT2D eigenvalue weighted by Gasteiger charge is -2.41. The third-order valence-corrected chi connectivity index (χ3v) is 3.46.